The first-order valence-electron chi connectivity index (χ1n) is 8.01. The van der Waals surface area contributed by atoms with E-state index in [1.165, 1.54) is 12.5 Å². The summed E-state index contributed by atoms with van der Waals surface area (Å²) in [5.74, 6) is -0.104. The Labute approximate surface area is 137 Å². The summed E-state index contributed by atoms with van der Waals surface area (Å²) in [5, 5.41) is 3.43. The molecule has 4 heteroatoms. The van der Waals surface area contributed by atoms with Crippen LogP contribution in [-0.4, -0.2) is 11.9 Å². The Balaban J connectivity index is 2.04. The Bertz CT molecular complexity index is 518. The highest BCUT2D eigenvalue weighted by atomic mass is 35.5. The number of nitrogens with one attached hydrogen (secondary N) is 1. The summed E-state index contributed by atoms with van der Waals surface area (Å²) in [5.41, 5.74) is 0.443. The molecule has 0 saturated heterocycles. The Hall–Kier alpha value is -1.09. The van der Waals surface area contributed by atoms with Crippen LogP contribution in [-0.2, 0) is 11.2 Å². The van der Waals surface area contributed by atoms with E-state index in [0.717, 1.165) is 19.3 Å². The van der Waals surface area contributed by atoms with Crippen molar-refractivity contribution in [3.8, 4) is 0 Å². The van der Waals surface area contributed by atoms with E-state index in [9.17, 15) is 9.18 Å². The lowest BCUT2D eigenvalue weighted by atomic mass is 9.69. The zero-order valence-corrected chi connectivity index (χ0v) is 14.3. The Morgan fingerprint density at radius 2 is 2.00 bits per heavy atom. The summed E-state index contributed by atoms with van der Waals surface area (Å²) < 4.78 is 13.8. The zero-order chi connectivity index (χ0) is 16.3. The second-order valence-electron chi connectivity index (χ2n) is 7.31. The molecular formula is C18H25ClFNO. The fraction of sp³-hybridized carbons (Fsp3) is 0.611. The van der Waals surface area contributed by atoms with Gasteiger partial charge < -0.3 is 5.32 Å². The van der Waals surface area contributed by atoms with Gasteiger partial charge >= 0.3 is 0 Å². The highest BCUT2D eigenvalue weighted by molar-refractivity contribution is 6.31. The van der Waals surface area contributed by atoms with Gasteiger partial charge in [-0.2, -0.15) is 0 Å². The molecule has 0 aromatic heterocycles. The van der Waals surface area contributed by atoms with E-state index in [1.54, 1.807) is 12.1 Å². The molecular weight excluding hydrogens is 301 g/mol. The SMILES string of the molecule is CC(C)(C)[C@@H]1CCCC[C@H]1NC(=O)Cc1c(F)cccc1Cl. The van der Waals surface area contributed by atoms with Crippen molar-refractivity contribution in [3.05, 3.63) is 34.6 Å². The van der Waals surface area contributed by atoms with Crippen molar-refractivity contribution in [1.82, 2.24) is 5.32 Å². The second-order valence-corrected chi connectivity index (χ2v) is 7.72. The maximum atomic E-state index is 13.8. The Morgan fingerprint density at radius 3 is 2.64 bits per heavy atom. The maximum Gasteiger partial charge on any atom is 0.224 e. The largest absolute Gasteiger partial charge is 0.353 e. The van der Waals surface area contributed by atoms with E-state index < -0.39 is 5.82 Å². The molecule has 0 heterocycles. The van der Waals surface area contributed by atoms with Crippen LogP contribution in [0.2, 0.25) is 5.02 Å². The highest BCUT2D eigenvalue weighted by Gasteiger charge is 2.34. The van der Waals surface area contributed by atoms with Gasteiger partial charge in [-0.25, -0.2) is 4.39 Å². The summed E-state index contributed by atoms with van der Waals surface area (Å²) in [6.07, 6.45) is 4.48. The van der Waals surface area contributed by atoms with Crippen LogP contribution in [0.25, 0.3) is 0 Å². The number of hydrogen-bond donors (Lipinski definition) is 1. The summed E-state index contributed by atoms with van der Waals surface area (Å²) in [7, 11) is 0. The zero-order valence-electron chi connectivity index (χ0n) is 13.6. The minimum Gasteiger partial charge on any atom is -0.353 e. The molecule has 0 spiro atoms. The van der Waals surface area contributed by atoms with Crippen LogP contribution >= 0.6 is 11.6 Å². The smallest absolute Gasteiger partial charge is 0.224 e. The second kappa shape index (κ2) is 6.99. The third kappa shape index (κ3) is 4.22. The van der Waals surface area contributed by atoms with Gasteiger partial charge in [0.2, 0.25) is 5.91 Å². The molecule has 0 aliphatic heterocycles. The van der Waals surface area contributed by atoms with E-state index in [-0.39, 0.29) is 29.3 Å². The fourth-order valence-electron chi connectivity index (χ4n) is 3.46. The van der Waals surface area contributed by atoms with Crippen molar-refractivity contribution in [2.75, 3.05) is 0 Å². The van der Waals surface area contributed by atoms with Crippen LogP contribution in [0.3, 0.4) is 0 Å². The van der Waals surface area contributed by atoms with Crippen molar-refractivity contribution in [1.29, 1.82) is 0 Å². The minimum atomic E-state index is -0.418. The van der Waals surface area contributed by atoms with E-state index in [2.05, 4.69) is 26.1 Å². The van der Waals surface area contributed by atoms with E-state index >= 15 is 0 Å². The number of benzene rings is 1. The molecule has 1 amide bonds. The molecule has 1 saturated carbocycles. The summed E-state index contributed by atoms with van der Waals surface area (Å²) in [4.78, 5) is 12.3. The van der Waals surface area contributed by atoms with Crippen LogP contribution in [0.5, 0.6) is 0 Å². The lowest BCUT2D eigenvalue weighted by Crippen LogP contribution is -2.47. The van der Waals surface area contributed by atoms with E-state index in [0.29, 0.717) is 10.9 Å². The average molecular weight is 326 g/mol. The number of amides is 1. The highest BCUT2D eigenvalue weighted by Crippen LogP contribution is 2.38. The third-order valence-electron chi connectivity index (χ3n) is 4.62. The van der Waals surface area contributed by atoms with Crippen LogP contribution in [0.4, 0.5) is 4.39 Å². The van der Waals surface area contributed by atoms with Crippen LogP contribution in [0, 0.1) is 17.2 Å². The number of halogens is 2. The van der Waals surface area contributed by atoms with Gasteiger partial charge in [0.15, 0.2) is 0 Å². The van der Waals surface area contributed by atoms with Crippen molar-refractivity contribution in [2.24, 2.45) is 11.3 Å². The summed E-state index contributed by atoms with van der Waals surface area (Å²) >= 11 is 6.00. The van der Waals surface area contributed by atoms with Gasteiger partial charge in [0.25, 0.3) is 0 Å². The fourth-order valence-corrected chi connectivity index (χ4v) is 3.69. The first-order chi connectivity index (χ1) is 10.3. The first-order valence-corrected chi connectivity index (χ1v) is 8.39. The number of hydrogen-bond acceptors (Lipinski definition) is 1. The lowest BCUT2D eigenvalue weighted by Gasteiger charge is -2.40. The minimum absolute atomic E-state index is 0.00112. The Kier molecular flexibility index (Phi) is 5.49. The van der Waals surface area contributed by atoms with Gasteiger partial charge in [0, 0.05) is 16.6 Å². The van der Waals surface area contributed by atoms with Crippen LogP contribution < -0.4 is 5.32 Å². The molecule has 2 nitrogen and oxygen atoms in total. The molecule has 122 valence electrons. The third-order valence-corrected chi connectivity index (χ3v) is 4.98. The molecule has 1 fully saturated rings. The standard InChI is InChI=1S/C18H25ClFNO/c1-18(2,3)13-7-4-5-10-16(13)21-17(22)11-12-14(19)8-6-9-15(12)20/h6,8-9,13,16H,4-5,7,10-11H2,1-3H3,(H,21,22)/t13-,16-/m1/s1. The monoisotopic (exact) mass is 325 g/mol. The van der Waals surface area contributed by atoms with Crippen molar-refractivity contribution >= 4 is 17.5 Å². The number of carbonyl (C=O) groups excluding carboxylic acids is 1. The average Bonchev–Trinajstić information content (AvgIpc) is 2.42. The number of rotatable bonds is 3. The normalized spacial score (nSPS) is 22.4. The first kappa shape index (κ1) is 17.3. The topological polar surface area (TPSA) is 29.1 Å². The van der Waals surface area contributed by atoms with Crippen LogP contribution in [0.1, 0.15) is 52.0 Å². The summed E-state index contributed by atoms with van der Waals surface area (Å²) in [6.45, 7) is 6.65. The molecule has 1 aliphatic carbocycles. The molecule has 1 aromatic carbocycles. The van der Waals surface area contributed by atoms with Gasteiger partial charge in [0.1, 0.15) is 5.82 Å². The van der Waals surface area contributed by atoms with Crippen molar-refractivity contribution in [2.45, 2.75) is 58.9 Å². The van der Waals surface area contributed by atoms with Gasteiger partial charge in [-0.05, 0) is 36.3 Å². The molecule has 1 aromatic rings. The molecule has 2 rings (SSSR count). The predicted octanol–water partition coefficient (Wildman–Crippen LogP) is 4.74. The summed E-state index contributed by atoms with van der Waals surface area (Å²) in [6, 6.07) is 4.68. The van der Waals surface area contributed by atoms with Crippen molar-refractivity contribution in [3.63, 3.8) is 0 Å². The molecule has 2 atom stereocenters. The van der Waals surface area contributed by atoms with Gasteiger partial charge in [0.05, 0.1) is 6.42 Å². The number of carbonyl (C=O) groups is 1. The van der Waals surface area contributed by atoms with Gasteiger partial charge in [-0.15, -0.1) is 0 Å². The van der Waals surface area contributed by atoms with E-state index in [4.69, 9.17) is 11.6 Å². The van der Waals surface area contributed by atoms with Crippen molar-refractivity contribution < 1.29 is 9.18 Å². The van der Waals surface area contributed by atoms with Gasteiger partial charge in [-0.1, -0.05) is 51.3 Å². The Morgan fingerprint density at radius 1 is 1.32 bits per heavy atom. The lowest BCUT2D eigenvalue weighted by molar-refractivity contribution is -0.122. The molecule has 1 N–H and O–H groups in total. The molecule has 0 radical (unpaired) electrons. The quantitative estimate of drug-likeness (QED) is 0.854. The van der Waals surface area contributed by atoms with Gasteiger partial charge in [-0.3, -0.25) is 4.79 Å². The predicted molar refractivity (Wildman–Crippen MR) is 88.5 cm³/mol. The maximum absolute atomic E-state index is 13.8. The molecule has 1 aliphatic rings. The van der Waals surface area contributed by atoms with Crippen LogP contribution in [0.15, 0.2) is 18.2 Å². The molecule has 0 unspecified atom stereocenters. The molecule has 22 heavy (non-hydrogen) atoms. The molecule has 0 bridgehead atoms. The van der Waals surface area contributed by atoms with E-state index in [1.807, 2.05) is 0 Å².